The van der Waals surface area contributed by atoms with Crippen LogP contribution in [0, 0.1) is 10.1 Å². The second-order valence-electron chi connectivity index (χ2n) is 4.47. The predicted octanol–water partition coefficient (Wildman–Crippen LogP) is 2.35. The SMILES string of the molecule is CCCn1c(CN)nnc1SCc1ccc([N+](=O)[O-])cc1. The number of nitro groups is 1. The molecule has 0 aliphatic rings. The maximum absolute atomic E-state index is 10.6. The topological polar surface area (TPSA) is 99.9 Å². The Morgan fingerprint density at radius 1 is 1.33 bits per heavy atom. The molecule has 0 aliphatic heterocycles. The number of aromatic nitrogens is 3. The molecule has 0 radical (unpaired) electrons. The molecule has 0 atom stereocenters. The smallest absolute Gasteiger partial charge is 0.269 e. The number of rotatable bonds is 7. The maximum Gasteiger partial charge on any atom is 0.269 e. The Balaban J connectivity index is 2.05. The van der Waals surface area contributed by atoms with Gasteiger partial charge in [-0.25, -0.2) is 0 Å². The summed E-state index contributed by atoms with van der Waals surface area (Å²) in [6, 6.07) is 6.54. The van der Waals surface area contributed by atoms with Gasteiger partial charge in [-0.3, -0.25) is 10.1 Å². The monoisotopic (exact) mass is 307 g/mol. The average Bonchev–Trinajstić information content (AvgIpc) is 2.88. The van der Waals surface area contributed by atoms with Crippen LogP contribution in [0.3, 0.4) is 0 Å². The van der Waals surface area contributed by atoms with Gasteiger partial charge in [-0.1, -0.05) is 30.8 Å². The van der Waals surface area contributed by atoms with E-state index in [1.165, 1.54) is 12.1 Å². The van der Waals surface area contributed by atoms with Crippen molar-refractivity contribution in [3.63, 3.8) is 0 Å². The number of non-ortho nitro benzene ring substituents is 1. The Morgan fingerprint density at radius 2 is 2.05 bits per heavy atom. The molecule has 21 heavy (non-hydrogen) atoms. The van der Waals surface area contributed by atoms with Gasteiger partial charge >= 0.3 is 0 Å². The van der Waals surface area contributed by atoms with Gasteiger partial charge in [0.15, 0.2) is 5.16 Å². The quantitative estimate of drug-likeness (QED) is 0.479. The van der Waals surface area contributed by atoms with E-state index in [0.717, 1.165) is 29.5 Å². The molecule has 7 nitrogen and oxygen atoms in total. The molecule has 8 heteroatoms. The molecular weight excluding hydrogens is 290 g/mol. The first kappa shape index (κ1) is 15.5. The van der Waals surface area contributed by atoms with Crippen LogP contribution in [0.2, 0.25) is 0 Å². The minimum atomic E-state index is -0.400. The fourth-order valence-electron chi connectivity index (χ4n) is 1.89. The highest BCUT2D eigenvalue weighted by molar-refractivity contribution is 7.98. The lowest BCUT2D eigenvalue weighted by Gasteiger charge is -2.07. The highest BCUT2D eigenvalue weighted by Crippen LogP contribution is 2.23. The third-order valence-corrected chi connectivity index (χ3v) is 3.98. The van der Waals surface area contributed by atoms with Gasteiger partial charge in [-0.05, 0) is 12.0 Å². The van der Waals surface area contributed by atoms with Gasteiger partial charge in [0.1, 0.15) is 5.82 Å². The van der Waals surface area contributed by atoms with E-state index in [-0.39, 0.29) is 5.69 Å². The molecule has 0 bridgehead atoms. The molecule has 0 amide bonds. The number of nitrogens with zero attached hydrogens (tertiary/aromatic N) is 4. The van der Waals surface area contributed by atoms with E-state index in [4.69, 9.17) is 5.73 Å². The molecule has 0 unspecified atom stereocenters. The maximum atomic E-state index is 10.6. The molecule has 2 rings (SSSR count). The van der Waals surface area contributed by atoms with Crippen molar-refractivity contribution in [1.29, 1.82) is 0 Å². The number of benzene rings is 1. The third-order valence-electron chi connectivity index (χ3n) is 2.94. The normalized spacial score (nSPS) is 10.8. The molecule has 2 N–H and O–H groups in total. The van der Waals surface area contributed by atoms with Crippen molar-refractivity contribution in [2.75, 3.05) is 0 Å². The van der Waals surface area contributed by atoms with Crippen LogP contribution in [0.1, 0.15) is 24.7 Å². The Labute approximate surface area is 126 Å². The molecule has 0 spiro atoms. The number of nitro benzene ring substituents is 1. The van der Waals surface area contributed by atoms with Crippen molar-refractivity contribution in [3.05, 3.63) is 45.8 Å². The molecule has 0 saturated carbocycles. The third kappa shape index (κ3) is 3.79. The zero-order valence-corrected chi connectivity index (χ0v) is 12.5. The van der Waals surface area contributed by atoms with E-state index in [2.05, 4.69) is 17.1 Å². The Morgan fingerprint density at radius 3 is 2.62 bits per heavy atom. The highest BCUT2D eigenvalue weighted by Gasteiger charge is 2.11. The molecular formula is C13H17N5O2S. The van der Waals surface area contributed by atoms with Crippen LogP contribution in [0.4, 0.5) is 5.69 Å². The van der Waals surface area contributed by atoms with Gasteiger partial charge in [-0.15, -0.1) is 10.2 Å². The van der Waals surface area contributed by atoms with Crippen molar-refractivity contribution in [3.8, 4) is 0 Å². The number of hydrogen-bond acceptors (Lipinski definition) is 6. The second-order valence-corrected chi connectivity index (χ2v) is 5.41. The van der Waals surface area contributed by atoms with E-state index < -0.39 is 4.92 Å². The van der Waals surface area contributed by atoms with Crippen molar-refractivity contribution >= 4 is 17.4 Å². The van der Waals surface area contributed by atoms with Crippen molar-refractivity contribution < 1.29 is 4.92 Å². The summed E-state index contributed by atoms with van der Waals surface area (Å²) < 4.78 is 2.02. The van der Waals surface area contributed by atoms with Gasteiger partial charge < -0.3 is 10.3 Å². The summed E-state index contributed by atoms with van der Waals surface area (Å²) in [5.41, 5.74) is 6.76. The molecule has 1 heterocycles. The highest BCUT2D eigenvalue weighted by atomic mass is 32.2. The molecule has 1 aromatic heterocycles. The summed E-state index contributed by atoms with van der Waals surface area (Å²) >= 11 is 1.55. The number of thioether (sulfide) groups is 1. The fourth-order valence-corrected chi connectivity index (χ4v) is 2.83. The zero-order chi connectivity index (χ0) is 15.2. The first-order valence-electron chi connectivity index (χ1n) is 6.64. The first-order valence-corrected chi connectivity index (χ1v) is 7.62. The average molecular weight is 307 g/mol. The molecule has 2 aromatic rings. The van der Waals surface area contributed by atoms with E-state index in [0.29, 0.717) is 12.3 Å². The van der Waals surface area contributed by atoms with Crippen molar-refractivity contribution in [2.24, 2.45) is 5.73 Å². The lowest BCUT2D eigenvalue weighted by Crippen LogP contribution is -2.09. The lowest BCUT2D eigenvalue weighted by atomic mass is 10.2. The summed E-state index contributed by atoms with van der Waals surface area (Å²) in [4.78, 5) is 10.2. The van der Waals surface area contributed by atoms with Gasteiger partial charge in [0.05, 0.1) is 11.5 Å². The fraction of sp³-hybridized carbons (Fsp3) is 0.385. The minimum absolute atomic E-state index is 0.100. The zero-order valence-electron chi connectivity index (χ0n) is 11.7. The van der Waals surface area contributed by atoms with Gasteiger partial charge in [-0.2, -0.15) is 0 Å². The Bertz CT molecular complexity index is 612. The summed E-state index contributed by atoms with van der Waals surface area (Å²) in [6.07, 6.45) is 0.982. The lowest BCUT2D eigenvalue weighted by molar-refractivity contribution is -0.384. The molecule has 0 fully saturated rings. The molecule has 0 aliphatic carbocycles. The molecule has 112 valence electrons. The summed E-state index contributed by atoms with van der Waals surface area (Å²) in [7, 11) is 0. The first-order chi connectivity index (χ1) is 10.2. The van der Waals surface area contributed by atoms with Crippen LogP contribution < -0.4 is 5.73 Å². The summed E-state index contributed by atoms with van der Waals surface area (Å²) in [5.74, 6) is 1.47. The van der Waals surface area contributed by atoms with Crippen LogP contribution in [0.15, 0.2) is 29.4 Å². The Hall–Kier alpha value is -1.93. The van der Waals surface area contributed by atoms with Crippen LogP contribution >= 0.6 is 11.8 Å². The minimum Gasteiger partial charge on any atom is -0.324 e. The van der Waals surface area contributed by atoms with E-state index >= 15 is 0 Å². The number of nitrogens with two attached hydrogens (primary N) is 1. The molecule has 0 saturated heterocycles. The van der Waals surface area contributed by atoms with Crippen LogP contribution in [-0.4, -0.2) is 19.7 Å². The second kappa shape index (κ2) is 7.19. The number of hydrogen-bond donors (Lipinski definition) is 1. The van der Waals surface area contributed by atoms with Gasteiger partial charge in [0, 0.05) is 24.4 Å². The standard InChI is InChI=1S/C13H17N5O2S/c1-2-7-17-12(8-14)15-16-13(17)21-9-10-3-5-11(6-4-10)18(19)20/h3-6H,2,7-9,14H2,1H3. The van der Waals surface area contributed by atoms with E-state index in [1.54, 1.807) is 23.9 Å². The van der Waals surface area contributed by atoms with Gasteiger partial charge in [0.2, 0.25) is 0 Å². The molecule has 1 aromatic carbocycles. The van der Waals surface area contributed by atoms with Gasteiger partial charge in [0.25, 0.3) is 5.69 Å². The summed E-state index contributed by atoms with van der Waals surface area (Å²) in [5, 5.41) is 19.7. The van der Waals surface area contributed by atoms with Crippen LogP contribution in [0.5, 0.6) is 0 Å². The summed E-state index contributed by atoms with van der Waals surface area (Å²) in [6.45, 7) is 3.29. The van der Waals surface area contributed by atoms with Crippen molar-refractivity contribution in [1.82, 2.24) is 14.8 Å². The Kier molecular flexibility index (Phi) is 5.29. The predicted molar refractivity (Wildman–Crippen MR) is 80.9 cm³/mol. The largest absolute Gasteiger partial charge is 0.324 e. The van der Waals surface area contributed by atoms with Crippen LogP contribution in [0.25, 0.3) is 0 Å². The van der Waals surface area contributed by atoms with Crippen LogP contribution in [-0.2, 0) is 18.8 Å². The van der Waals surface area contributed by atoms with E-state index in [1.807, 2.05) is 4.57 Å². The van der Waals surface area contributed by atoms with Crippen molar-refractivity contribution in [2.45, 2.75) is 37.3 Å². The van der Waals surface area contributed by atoms with E-state index in [9.17, 15) is 10.1 Å².